The van der Waals surface area contributed by atoms with Gasteiger partial charge in [-0.3, -0.25) is 0 Å². The van der Waals surface area contributed by atoms with Gasteiger partial charge in [-0.2, -0.15) is 0 Å². The summed E-state index contributed by atoms with van der Waals surface area (Å²) in [6, 6.07) is 29.4. The van der Waals surface area contributed by atoms with Crippen LogP contribution in [0, 0.1) is 13.8 Å². The van der Waals surface area contributed by atoms with E-state index in [1.165, 1.54) is 38.2 Å². The molecule has 0 aliphatic carbocycles. The second kappa shape index (κ2) is 7.31. The third-order valence-corrected chi connectivity index (χ3v) is 6.83. The van der Waals surface area contributed by atoms with Gasteiger partial charge in [0, 0.05) is 33.7 Å². The van der Waals surface area contributed by atoms with Crippen molar-refractivity contribution >= 4 is 32.6 Å². The van der Waals surface area contributed by atoms with Crippen LogP contribution in [0.3, 0.4) is 0 Å². The number of benzene rings is 4. The summed E-state index contributed by atoms with van der Waals surface area (Å²) in [5, 5.41) is 4.86. The zero-order valence-electron chi connectivity index (χ0n) is 22.1. The third-order valence-electron chi connectivity index (χ3n) is 6.83. The molecule has 0 saturated heterocycles. The maximum Gasteiger partial charge on any atom is 0.214 e. The molecule has 4 aromatic carbocycles. The quantitative estimate of drug-likeness (QED) is 0.256. The van der Waals surface area contributed by atoms with Gasteiger partial charge in [0.15, 0.2) is 6.20 Å². The van der Waals surface area contributed by atoms with Crippen molar-refractivity contribution < 1.29 is 8.68 Å². The first-order valence-corrected chi connectivity index (χ1v) is 11.2. The molecule has 0 radical (unpaired) electrons. The largest absolute Gasteiger partial charge is 0.343 e. The zero-order valence-corrected chi connectivity index (χ0v) is 19.1. The van der Waals surface area contributed by atoms with Crippen molar-refractivity contribution in [2.45, 2.75) is 13.8 Å². The summed E-state index contributed by atoms with van der Waals surface area (Å²) in [6.45, 7) is -0.124. The zero-order chi connectivity index (χ0) is 25.2. The average molecular weight is 431 g/mol. The summed E-state index contributed by atoms with van der Waals surface area (Å²) in [5.41, 5.74) is 8.19. The molecule has 2 aromatic heterocycles. The summed E-state index contributed by atoms with van der Waals surface area (Å²) >= 11 is 0. The number of rotatable bonds is 2. The molecule has 0 saturated carbocycles. The van der Waals surface area contributed by atoms with Crippen LogP contribution < -0.4 is 4.57 Å². The molecule has 2 heteroatoms. The van der Waals surface area contributed by atoms with Gasteiger partial charge in [0.1, 0.15) is 7.05 Å². The van der Waals surface area contributed by atoms with E-state index in [4.69, 9.17) is 4.11 Å². The fourth-order valence-electron chi connectivity index (χ4n) is 5.06. The number of hydrogen-bond donors (Lipinski definition) is 0. The van der Waals surface area contributed by atoms with Crippen LogP contribution in [0.2, 0.25) is 0 Å². The topological polar surface area (TPSA) is 8.81 Å². The molecule has 33 heavy (non-hydrogen) atoms. The normalized spacial score (nSPS) is 13.4. The Labute approximate surface area is 198 Å². The van der Waals surface area contributed by atoms with Crippen molar-refractivity contribution in [1.29, 1.82) is 0 Å². The highest BCUT2D eigenvalue weighted by atomic mass is 15.0. The lowest BCUT2D eigenvalue weighted by molar-refractivity contribution is -0.659. The van der Waals surface area contributed by atoms with E-state index < -0.39 is 6.85 Å². The Balaban J connectivity index is 1.54. The first-order chi connectivity index (χ1) is 17.2. The van der Waals surface area contributed by atoms with Crippen LogP contribution in [-0.2, 0) is 14.1 Å². The smallest absolute Gasteiger partial charge is 0.214 e. The second-order valence-corrected chi connectivity index (χ2v) is 8.95. The third kappa shape index (κ3) is 3.14. The van der Waals surface area contributed by atoms with Crippen molar-refractivity contribution in [2.75, 3.05) is 0 Å². The van der Waals surface area contributed by atoms with E-state index in [1.807, 2.05) is 19.1 Å². The Kier molecular flexibility index (Phi) is 3.70. The highest BCUT2D eigenvalue weighted by Gasteiger charge is 2.19. The molecule has 160 valence electrons. The Bertz CT molecular complexity index is 1800. The summed E-state index contributed by atoms with van der Waals surface area (Å²) in [7, 11) is 4.17. The fourth-order valence-corrected chi connectivity index (χ4v) is 5.06. The molecule has 2 nitrogen and oxygen atoms in total. The minimum absolute atomic E-state index is 0.374. The Morgan fingerprint density at radius 2 is 1.58 bits per heavy atom. The Morgan fingerprint density at radius 1 is 0.758 bits per heavy atom. The summed E-state index contributed by atoms with van der Waals surface area (Å²) in [6.07, 6.45) is 2.19. The number of fused-ring (bicyclic) bond motifs is 4. The lowest BCUT2D eigenvalue weighted by Crippen LogP contribution is -2.30. The van der Waals surface area contributed by atoms with Crippen molar-refractivity contribution in [1.82, 2.24) is 4.57 Å². The van der Waals surface area contributed by atoms with E-state index >= 15 is 0 Å². The van der Waals surface area contributed by atoms with E-state index in [-0.39, 0.29) is 0 Å². The second-order valence-electron chi connectivity index (χ2n) is 8.95. The van der Waals surface area contributed by atoms with Crippen molar-refractivity contribution in [3.63, 3.8) is 0 Å². The molecule has 6 aromatic rings. The van der Waals surface area contributed by atoms with Crippen LogP contribution in [0.1, 0.15) is 15.2 Å². The van der Waals surface area contributed by atoms with Gasteiger partial charge in [-0.25, -0.2) is 4.57 Å². The molecule has 0 aliphatic heterocycles. The van der Waals surface area contributed by atoms with Crippen LogP contribution >= 0.6 is 0 Å². The summed E-state index contributed by atoms with van der Waals surface area (Å²) < 4.78 is 27.6. The minimum atomic E-state index is -2.10. The molecule has 0 atom stereocenters. The van der Waals surface area contributed by atoms with E-state index in [2.05, 4.69) is 90.1 Å². The van der Waals surface area contributed by atoms with Crippen LogP contribution in [0.25, 0.3) is 55.0 Å². The van der Waals surface area contributed by atoms with Crippen LogP contribution in [0.4, 0.5) is 0 Å². The maximum absolute atomic E-state index is 7.73. The Morgan fingerprint density at radius 3 is 2.36 bits per heavy atom. The van der Waals surface area contributed by atoms with Gasteiger partial charge in [-0.05, 0) is 65.5 Å². The first kappa shape index (κ1) is 16.7. The van der Waals surface area contributed by atoms with Gasteiger partial charge < -0.3 is 4.57 Å². The predicted molar refractivity (Wildman–Crippen MR) is 139 cm³/mol. The molecule has 0 unspecified atom stereocenters. The minimum Gasteiger partial charge on any atom is -0.343 e. The van der Waals surface area contributed by atoms with Gasteiger partial charge in [0.25, 0.3) is 0 Å². The van der Waals surface area contributed by atoms with E-state index in [9.17, 15) is 0 Å². The van der Waals surface area contributed by atoms with E-state index in [0.29, 0.717) is 5.56 Å². The van der Waals surface area contributed by atoms with Gasteiger partial charge in [0.05, 0.1) is 10.9 Å². The molecule has 0 bridgehead atoms. The van der Waals surface area contributed by atoms with Crippen LogP contribution in [-0.4, -0.2) is 4.57 Å². The lowest BCUT2D eigenvalue weighted by Gasteiger charge is -2.06. The number of aromatic nitrogens is 2. The highest BCUT2D eigenvalue weighted by Crippen LogP contribution is 2.34. The SMILES string of the molecule is [2H]C([2H])([2H])c1ccc(-c2cc3c(c[n+]2C)c2cc4ccc(-c5ccccc5)cc4cc2n3C)c(C)c1. The summed E-state index contributed by atoms with van der Waals surface area (Å²) in [4.78, 5) is 0. The van der Waals surface area contributed by atoms with Gasteiger partial charge in [0.2, 0.25) is 5.69 Å². The van der Waals surface area contributed by atoms with Crippen molar-refractivity contribution in [3.05, 3.63) is 102 Å². The molecular weight excluding hydrogens is 400 g/mol. The van der Waals surface area contributed by atoms with Gasteiger partial charge in [-0.1, -0.05) is 60.2 Å². The van der Waals surface area contributed by atoms with Gasteiger partial charge >= 0.3 is 0 Å². The molecule has 0 N–H and O–H groups in total. The number of nitrogens with zero attached hydrogens (tertiary/aromatic N) is 2. The standard InChI is InChI=1S/C31H27N2/c1-20-10-13-26(21(2)14-20)29-18-31-28(19-32(29)3)27-16-24-12-11-23(22-8-6-5-7-9-22)15-25(24)17-30(27)33(31)4/h5-19H,1-4H3/q+1/i1D3. The first-order valence-electron chi connectivity index (χ1n) is 12.7. The molecule has 2 heterocycles. The van der Waals surface area contributed by atoms with Crippen LogP contribution in [0.5, 0.6) is 0 Å². The maximum atomic E-state index is 7.73. The molecule has 0 fully saturated rings. The average Bonchev–Trinajstić information content (AvgIpc) is 3.12. The Hall–Kier alpha value is -3.91. The molecule has 6 rings (SSSR count). The molecule has 0 spiro atoms. The fraction of sp³-hybridized carbons (Fsp3) is 0.129. The molecule has 0 aliphatic rings. The summed E-state index contributed by atoms with van der Waals surface area (Å²) in [5.74, 6) is 0. The number of aryl methyl sites for hydroxylation is 4. The lowest BCUT2D eigenvalue weighted by atomic mass is 9.99. The van der Waals surface area contributed by atoms with Crippen molar-refractivity contribution in [2.24, 2.45) is 14.1 Å². The predicted octanol–water partition coefficient (Wildman–Crippen LogP) is 7.26. The molecule has 0 amide bonds. The van der Waals surface area contributed by atoms with Crippen LogP contribution in [0.15, 0.2) is 91.1 Å². The monoisotopic (exact) mass is 430 g/mol. The van der Waals surface area contributed by atoms with Gasteiger partial charge in [-0.15, -0.1) is 0 Å². The number of hydrogen-bond acceptors (Lipinski definition) is 0. The highest BCUT2D eigenvalue weighted by molar-refractivity contribution is 6.12. The molecular formula is C31H27N2+. The van der Waals surface area contributed by atoms with Crippen molar-refractivity contribution in [3.8, 4) is 22.4 Å². The van der Waals surface area contributed by atoms with E-state index in [0.717, 1.165) is 22.3 Å². The number of pyridine rings is 1. The van der Waals surface area contributed by atoms with E-state index in [1.54, 1.807) is 12.1 Å².